The number of nitrogens with one attached hydrogen (secondary N) is 1. The number of carbonyl (C=O) groups excluding carboxylic acids is 1. The van der Waals surface area contributed by atoms with Crippen molar-refractivity contribution in [2.45, 2.75) is 39.3 Å². The van der Waals surface area contributed by atoms with Gasteiger partial charge in [0.25, 0.3) is 5.91 Å². The van der Waals surface area contributed by atoms with E-state index in [4.69, 9.17) is 9.84 Å². The highest BCUT2D eigenvalue weighted by Gasteiger charge is 2.23. The van der Waals surface area contributed by atoms with Crippen LogP contribution >= 0.6 is 15.9 Å². The number of hydrogen-bond donors (Lipinski definition) is 2. The number of ether oxygens (including phenoxy) is 1. The Labute approximate surface area is 138 Å². The van der Waals surface area contributed by atoms with E-state index in [-0.39, 0.29) is 6.42 Å². The summed E-state index contributed by atoms with van der Waals surface area (Å²) in [6, 6.07) is 4.55. The number of aryl methyl sites for hydroxylation is 1. The van der Waals surface area contributed by atoms with Crippen LogP contribution in [0.2, 0.25) is 0 Å². The fourth-order valence-electron chi connectivity index (χ4n) is 1.73. The Bertz CT molecular complexity index is 571. The zero-order valence-electron chi connectivity index (χ0n) is 12.8. The molecule has 2 atom stereocenters. The third-order valence-corrected chi connectivity index (χ3v) is 3.60. The molecule has 0 saturated heterocycles. The second-order valence-corrected chi connectivity index (χ2v) is 5.75. The molecule has 0 radical (unpaired) electrons. The third kappa shape index (κ3) is 5.52. The second kappa shape index (κ2) is 8.58. The van der Waals surface area contributed by atoms with E-state index in [2.05, 4.69) is 21.2 Å². The number of aliphatic carboxylic acids is 1. The molecule has 0 aliphatic carbocycles. The molecule has 5 nitrogen and oxygen atoms in total. The minimum Gasteiger partial charge on any atom is -0.480 e. The van der Waals surface area contributed by atoms with Gasteiger partial charge in [-0.25, -0.2) is 4.79 Å². The van der Waals surface area contributed by atoms with E-state index in [1.807, 2.05) is 19.1 Å². The molecule has 1 aromatic rings. The quantitative estimate of drug-likeness (QED) is 0.724. The lowest BCUT2D eigenvalue weighted by Crippen LogP contribution is -2.46. The van der Waals surface area contributed by atoms with Crippen LogP contribution in [0.3, 0.4) is 0 Å². The van der Waals surface area contributed by atoms with Crippen LogP contribution in [-0.4, -0.2) is 29.1 Å². The maximum atomic E-state index is 12.1. The number of carboxylic acid groups (broad SMARTS) is 1. The van der Waals surface area contributed by atoms with Crippen LogP contribution in [0.4, 0.5) is 0 Å². The van der Waals surface area contributed by atoms with Crippen LogP contribution in [0.5, 0.6) is 5.75 Å². The zero-order chi connectivity index (χ0) is 16.7. The van der Waals surface area contributed by atoms with Crippen molar-refractivity contribution in [2.75, 3.05) is 0 Å². The van der Waals surface area contributed by atoms with Crippen LogP contribution in [0.1, 0.15) is 25.8 Å². The topological polar surface area (TPSA) is 75.6 Å². The van der Waals surface area contributed by atoms with Crippen LogP contribution in [-0.2, 0) is 9.59 Å². The first kappa shape index (κ1) is 18.2. The number of halogens is 1. The summed E-state index contributed by atoms with van der Waals surface area (Å²) in [6.45, 7) is 5.32. The van der Waals surface area contributed by atoms with E-state index in [0.29, 0.717) is 5.75 Å². The molecular weight excluding hydrogens is 350 g/mol. The molecule has 2 unspecified atom stereocenters. The number of carbonyl (C=O) groups is 2. The van der Waals surface area contributed by atoms with Crippen molar-refractivity contribution >= 4 is 27.8 Å². The van der Waals surface area contributed by atoms with Crippen LogP contribution < -0.4 is 10.1 Å². The molecule has 0 fully saturated rings. The van der Waals surface area contributed by atoms with Gasteiger partial charge in [-0.15, -0.1) is 0 Å². The van der Waals surface area contributed by atoms with E-state index in [1.54, 1.807) is 32.1 Å². The summed E-state index contributed by atoms with van der Waals surface area (Å²) in [5.41, 5.74) is 1.06. The molecule has 0 saturated carbocycles. The summed E-state index contributed by atoms with van der Waals surface area (Å²) in [6.07, 6.45) is 2.87. The van der Waals surface area contributed by atoms with Gasteiger partial charge in [0.15, 0.2) is 6.10 Å². The lowest BCUT2D eigenvalue weighted by molar-refractivity contribution is -0.142. The van der Waals surface area contributed by atoms with Gasteiger partial charge in [-0.2, -0.15) is 0 Å². The number of carboxylic acids is 1. The average Bonchev–Trinajstić information content (AvgIpc) is 2.45. The van der Waals surface area contributed by atoms with Gasteiger partial charge in [0.2, 0.25) is 0 Å². The summed E-state index contributed by atoms with van der Waals surface area (Å²) < 4.78 is 6.32. The average molecular weight is 370 g/mol. The monoisotopic (exact) mass is 369 g/mol. The highest BCUT2D eigenvalue weighted by Crippen LogP contribution is 2.26. The fraction of sp³-hybridized carbons (Fsp3) is 0.375. The van der Waals surface area contributed by atoms with Crippen LogP contribution in [0.15, 0.2) is 34.8 Å². The predicted molar refractivity (Wildman–Crippen MR) is 88.0 cm³/mol. The van der Waals surface area contributed by atoms with Crippen LogP contribution in [0, 0.1) is 6.92 Å². The maximum Gasteiger partial charge on any atom is 0.326 e. The van der Waals surface area contributed by atoms with E-state index in [1.165, 1.54) is 0 Å². The molecule has 0 aliphatic rings. The smallest absolute Gasteiger partial charge is 0.326 e. The van der Waals surface area contributed by atoms with E-state index in [0.717, 1.165) is 10.0 Å². The lowest BCUT2D eigenvalue weighted by atomic mass is 10.2. The van der Waals surface area contributed by atoms with Gasteiger partial charge < -0.3 is 15.2 Å². The van der Waals surface area contributed by atoms with Crippen molar-refractivity contribution in [1.82, 2.24) is 5.32 Å². The van der Waals surface area contributed by atoms with Crippen molar-refractivity contribution in [3.8, 4) is 5.75 Å². The number of hydrogen-bond acceptors (Lipinski definition) is 3. The first-order valence-corrected chi connectivity index (χ1v) is 7.71. The van der Waals surface area contributed by atoms with Gasteiger partial charge in [0.1, 0.15) is 11.8 Å². The Morgan fingerprint density at radius 1 is 1.45 bits per heavy atom. The second-order valence-electron chi connectivity index (χ2n) is 4.90. The molecule has 0 bridgehead atoms. The van der Waals surface area contributed by atoms with Crippen LogP contribution in [0.25, 0.3) is 0 Å². The molecule has 1 aromatic carbocycles. The Kier molecular flexibility index (Phi) is 7.11. The summed E-state index contributed by atoms with van der Waals surface area (Å²) in [7, 11) is 0. The van der Waals surface area contributed by atoms with Crippen molar-refractivity contribution in [1.29, 1.82) is 0 Å². The van der Waals surface area contributed by atoms with Gasteiger partial charge in [-0.05, 0) is 60.8 Å². The fourth-order valence-corrected chi connectivity index (χ4v) is 2.31. The Hall–Kier alpha value is -1.82. The molecule has 2 N–H and O–H groups in total. The maximum absolute atomic E-state index is 12.1. The number of benzene rings is 1. The molecule has 1 rings (SSSR count). The highest BCUT2D eigenvalue weighted by atomic mass is 79.9. The minimum absolute atomic E-state index is 0.235. The van der Waals surface area contributed by atoms with Gasteiger partial charge in [0, 0.05) is 0 Å². The highest BCUT2D eigenvalue weighted by molar-refractivity contribution is 9.10. The minimum atomic E-state index is -1.07. The number of amides is 1. The number of allylic oxidation sites excluding steroid dienone is 1. The SMILES string of the molecule is C/C=C/CC(NC(=O)C(C)Oc1ccc(C)cc1Br)C(=O)O. The Balaban J connectivity index is 2.69. The number of rotatable bonds is 7. The van der Waals surface area contributed by atoms with Gasteiger partial charge in [-0.1, -0.05) is 18.2 Å². The lowest BCUT2D eigenvalue weighted by Gasteiger charge is -2.18. The molecule has 1 amide bonds. The standard InChI is InChI=1S/C16H20BrNO4/c1-4-5-6-13(16(20)21)18-15(19)11(3)22-14-8-7-10(2)9-12(14)17/h4-5,7-9,11,13H,6H2,1-3H3,(H,18,19)(H,20,21)/b5-4+. The molecule has 6 heteroatoms. The van der Waals surface area contributed by atoms with E-state index >= 15 is 0 Å². The predicted octanol–water partition coefficient (Wildman–Crippen LogP) is 3.06. The first-order chi connectivity index (χ1) is 10.3. The van der Waals surface area contributed by atoms with Crippen molar-refractivity contribution in [3.05, 3.63) is 40.4 Å². The normalized spacial score (nSPS) is 13.6. The molecule has 0 heterocycles. The third-order valence-electron chi connectivity index (χ3n) is 2.98. The summed E-state index contributed by atoms with van der Waals surface area (Å²) in [5.74, 6) is -1.01. The van der Waals surface area contributed by atoms with Crippen molar-refractivity contribution in [2.24, 2.45) is 0 Å². The Morgan fingerprint density at radius 3 is 2.68 bits per heavy atom. The molecule has 0 aliphatic heterocycles. The first-order valence-electron chi connectivity index (χ1n) is 6.92. The molecular formula is C16H20BrNO4. The van der Waals surface area contributed by atoms with Crippen molar-refractivity contribution in [3.63, 3.8) is 0 Å². The summed E-state index contributed by atoms with van der Waals surface area (Å²) >= 11 is 3.37. The molecule has 0 spiro atoms. The van der Waals surface area contributed by atoms with Gasteiger partial charge in [-0.3, -0.25) is 4.79 Å². The Morgan fingerprint density at radius 2 is 2.14 bits per heavy atom. The van der Waals surface area contributed by atoms with Gasteiger partial charge >= 0.3 is 5.97 Å². The zero-order valence-corrected chi connectivity index (χ0v) is 14.4. The van der Waals surface area contributed by atoms with E-state index in [9.17, 15) is 9.59 Å². The largest absolute Gasteiger partial charge is 0.480 e. The van der Waals surface area contributed by atoms with Gasteiger partial charge in [0.05, 0.1) is 4.47 Å². The molecule has 22 heavy (non-hydrogen) atoms. The summed E-state index contributed by atoms with van der Waals surface area (Å²) in [5, 5.41) is 11.6. The molecule has 120 valence electrons. The molecule has 0 aromatic heterocycles. The summed E-state index contributed by atoms with van der Waals surface area (Å²) in [4.78, 5) is 23.2. The van der Waals surface area contributed by atoms with E-state index < -0.39 is 24.0 Å². The van der Waals surface area contributed by atoms with Crippen molar-refractivity contribution < 1.29 is 19.4 Å².